The highest BCUT2D eigenvalue weighted by Crippen LogP contribution is 2.28. The zero-order chi connectivity index (χ0) is 22.9. The Morgan fingerprint density at radius 3 is 2.31 bits per heavy atom. The number of hydrogen-bond donors (Lipinski definition) is 1. The summed E-state index contributed by atoms with van der Waals surface area (Å²) in [6.45, 7) is 5.14. The van der Waals surface area contributed by atoms with E-state index < -0.39 is 10.0 Å². The number of piperidine rings is 1. The number of nitrogens with zero attached hydrogens (tertiary/aromatic N) is 2. The number of halogens is 1. The van der Waals surface area contributed by atoms with E-state index in [0.717, 1.165) is 12.0 Å². The summed E-state index contributed by atoms with van der Waals surface area (Å²) in [5.74, 6) is -0.0743. The van der Waals surface area contributed by atoms with Crippen LogP contribution in [-0.4, -0.2) is 36.7 Å². The Labute approximate surface area is 191 Å². The lowest BCUT2D eigenvalue weighted by atomic mass is 9.94. The molecule has 1 saturated heterocycles. The fraction of sp³-hybridized carbons (Fsp3) is 0.304. The Balaban J connectivity index is 1.45. The molecule has 1 aliphatic rings. The Hall–Kier alpha value is -2.62. The molecule has 9 heteroatoms. The smallest absolute Gasteiger partial charge is 0.257 e. The fourth-order valence-electron chi connectivity index (χ4n) is 3.98. The second-order valence-corrected chi connectivity index (χ2v) is 11.1. The zero-order valence-corrected chi connectivity index (χ0v) is 19.4. The maximum absolute atomic E-state index is 13.1. The van der Waals surface area contributed by atoms with Gasteiger partial charge in [-0.1, -0.05) is 13.8 Å². The number of nitrogens with one attached hydrogen (secondary N) is 1. The van der Waals surface area contributed by atoms with Crippen molar-refractivity contribution in [3.63, 3.8) is 0 Å². The topological polar surface area (TPSA) is 79.4 Å². The lowest BCUT2D eigenvalue weighted by Crippen LogP contribution is -2.42. The van der Waals surface area contributed by atoms with Crippen molar-refractivity contribution in [1.82, 2.24) is 9.29 Å². The SMILES string of the molecule is C[C@H]1C[C@H](C)CN(S(=O)(=O)c2ccc(C(=O)Nc3nc(-c4ccc(F)cc4)cs3)cc2)C1. The first-order chi connectivity index (χ1) is 15.2. The van der Waals surface area contributed by atoms with Gasteiger partial charge in [-0.2, -0.15) is 4.31 Å². The van der Waals surface area contributed by atoms with E-state index >= 15 is 0 Å². The van der Waals surface area contributed by atoms with Gasteiger partial charge < -0.3 is 0 Å². The molecule has 0 bridgehead atoms. The highest BCUT2D eigenvalue weighted by atomic mass is 32.2. The molecule has 1 aromatic heterocycles. The molecular weight excluding hydrogens is 449 g/mol. The van der Waals surface area contributed by atoms with Crippen LogP contribution in [0.1, 0.15) is 30.6 Å². The van der Waals surface area contributed by atoms with Crippen molar-refractivity contribution in [2.75, 3.05) is 18.4 Å². The van der Waals surface area contributed by atoms with Crippen LogP contribution in [0.15, 0.2) is 58.8 Å². The average Bonchev–Trinajstić information content (AvgIpc) is 3.22. The highest BCUT2D eigenvalue weighted by Gasteiger charge is 2.31. The fourth-order valence-corrected chi connectivity index (χ4v) is 6.38. The second-order valence-electron chi connectivity index (χ2n) is 8.29. The number of rotatable bonds is 5. The predicted molar refractivity (Wildman–Crippen MR) is 124 cm³/mol. The van der Waals surface area contributed by atoms with Crippen molar-refractivity contribution in [3.8, 4) is 11.3 Å². The lowest BCUT2D eigenvalue weighted by Gasteiger charge is -2.34. The molecule has 32 heavy (non-hydrogen) atoms. The summed E-state index contributed by atoms with van der Waals surface area (Å²) in [7, 11) is -3.59. The van der Waals surface area contributed by atoms with Crippen molar-refractivity contribution in [3.05, 3.63) is 65.3 Å². The van der Waals surface area contributed by atoms with Gasteiger partial charge in [0.15, 0.2) is 5.13 Å². The first-order valence-corrected chi connectivity index (χ1v) is 12.7. The van der Waals surface area contributed by atoms with Crippen LogP contribution in [0.5, 0.6) is 0 Å². The molecule has 2 aromatic carbocycles. The number of anilines is 1. The van der Waals surface area contributed by atoms with Crippen molar-refractivity contribution in [2.24, 2.45) is 11.8 Å². The monoisotopic (exact) mass is 473 g/mol. The van der Waals surface area contributed by atoms with Crippen LogP contribution in [0.3, 0.4) is 0 Å². The van der Waals surface area contributed by atoms with Crippen molar-refractivity contribution in [1.29, 1.82) is 0 Å². The third-order valence-electron chi connectivity index (χ3n) is 5.45. The quantitative estimate of drug-likeness (QED) is 0.574. The van der Waals surface area contributed by atoms with Gasteiger partial charge >= 0.3 is 0 Å². The van der Waals surface area contributed by atoms with Gasteiger partial charge in [0.05, 0.1) is 10.6 Å². The van der Waals surface area contributed by atoms with E-state index in [-0.39, 0.29) is 16.6 Å². The van der Waals surface area contributed by atoms with Crippen LogP contribution in [-0.2, 0) is 10.0 Å². The molecular formula is C23H24FN3O3S2. The molecule has 3 aromatic rings. The van der Waals surface area contributed by atoms with Crippen LogP contribution >= 0.6 is 11.3 Å². The van der Waals surface area contributed by atoms with Crippen LogP contribution in [0.2, 0.25) is 0 Å². The van der Waals surface area contributed by atoms with Gasteiger partial charge in [-0.3, -0.25) is 10.1 Å². The van der Waals surface area contributed by atoms with Crippen molar-refractivity contribution in [2.45, 2.75) is 25.2 Å². The molecule has 2 heterocycles. The standard InChI is InChI=1S/C23H24FN3O3S2/c1-15-11-16(2)13-27(12-15)32(29,30)20-9-5-18(6-10-20)22(28)26-23-25-21(14-31-23)17-3-7-19(24)8-4-17/h3-10,14-16H,11-13H2,1-2H3,(H,25,26,28)/t15-,16-/m0/s1. The van der Waals surface area contributed by atoms with Crippen LogP contribution in [0.25, 0.3) is 11.3 Å². The average molecular weight is 474 g/mol. The van der Waals surface area contributed by atoms with E-state index in [4.69, 9.17) is 0 Å². The molecule has 1 fully saturated rings. The lowest BCUT2D eigenvalue weighted by molar-refractivity contribution is 0.102. The van der Waals surface area contributed by atoms with Crippen LogP contribution in [0, 0.1) is 17.7 Å². The molecule has 6 nitrogen and oxygen atoms in total. The molecule has 0 unspecified atom stereocenters. The first-order valence-electron chi connectivity index (χ1n) is 10.4. The molecule has 168 valence electrons. The largest absolute Gasteiger partial charge is 0.298 e. The third kappa shape index (κ3) is 4.90. The van der Waals surface area contributed by atoms with Crippen molar-refractivity contribution >= 4 is 32.4 Å². The summed E-state index contributed by atoms with van der Waals surface area (Å²) < 4.78 is 40.6. The van der Waals surface area contributed by atoms with E-state index in [9.17, 15) is 17.6 Å². The van der Waals surface area contributed by atoms with Crippen LogP contribution in [0.4, 0.5) is 9.52 Å². The van der Waals surface area contributed by atoms with E-state index in [2.05, 4.69) is 24.1 Å². The number of benzene rings is 2. The van der Waals surface area contributed by atoms with E-state index in [1.165, 1.54) is 52.0 Å². The summed E-state index contributed by atoms with van der Waals surface area (Å²) in [6, 6.07) is 11.9. The maximum atomic E-state index is 13.1. The molecule has 0 radical (unpaired) electrons. The highest BCUT2D eigenvalue weighted by molar-refractivity contribution is 7.89. The van der Waals surface area contributed by atoms with Gasteiger partial charge in [-0.05, 0) is 66.8 Å². The summed E-state index contributed by atoms with van der Waals surface area (Å²) in [4.78, 5) is 17.2. The number of carbonyl (C=O) groups excluding carboxylic acids is 1. The van der Waals surface area contributed by atoms with Gasteiger partial charge in [0, 0.05) is 29.6 Å². The van der Waals surface area contributed by atoms with Gasteiger partial charge in [0.1, 0.15) is 5.82 Å². The second kappa shape index (κ2) is 9.09. The van der Waals surface area contributed by atoms with E-state index in [0.29, 0.717) is 41.3 Å². The minimum atomic E-state index is -3.59. The normalized spacial score (nSPS) is 19.6. The molecule has 1 N–H and O–H groups in total. The Bertz CT molecular complexity index is 1200. The van der Waals surface area contributed by atoms with E-state index in [1.54, 1.807) is 17.5 Å². The Morgan fingerprint density at radius 1 is 1.06 bits per heavy atom. The molecule has 1 aliphatic heterocycles. The first kappa shape index (κ1) is 22.6. The van der Waals surface area contributed by atoms with Gasteiger partial charge in [-0.15, -0.1) is 11.3 Å². The third-order valence-corrected chi connectivity index (χ3v) is 8.06. The molecule has 4 rings (SSSR count). The summed E-state index contributed by atoms with van der Waals surface area (Å²) in [5, 5.41) is 4.91. The summed E-state index contributed by atoms with van der Waals surface area (Å²) >= 11 is 1.26. The Kier molecular flexibility index (Phi) is 6.41. The molecule has 0 spiro atoms. The number of sulfonamides is 1. The number of thiazole rings is 1. The minimum absolute atomic E-state index is 0.184. The van der Waals surface area contributed by atoms with Gasteiger partial charge in [-0.25, -0.2) is 17.8 Å². The van der Waals surface area contributed by atoms with Crippen LogP contribution < -0.4 is 5.32 Å². The minimum Gasteiger partial charge on any atom is -0.298 e. The molecule has 0 saturated carbocycles. The summed E-state index contributed by atoms with van der Waals surface area (Å²) in [6.07, 6.45) is 1.02. The predicted octanol–water partition coefficient (Wildman–Crippen LogP) is 4.87. The van der Waals surface area contributed by atoms with E-state index in [1.807, 2.05) is 0 Å². The van der Waals surface area contributed by atoms with Gasteiger partial charge in [0.2, 0.25) is 10.0 Å². The Morgan fingerprint density at radius 2 is 1.69 bits per heavy atom. The summed E-state index contributed by atoms with van der Waals surface area (Å²) in [5.41, 5.74) is 1.72. The maximum Gasteiger partial charge on any atom is 0.257 e. The number of amides is 1. The number of aromatic nitrogens is 1. The molecule has 2 atom stereocenters. The number of carbonyl (C=O) groups is 1. The van der Waals surface area contributed by atoms with Gasteiger partial charge in [0.25, 0.3) is 5.91 Å². The zero-order valence-electron chi connectivity index (χ0n) is 17.8. The number of hydrogen-bond acceptors (Lipinski definition) is 5. The van der Waals surface area contributed by atoms with Crippen molar-refractivity contribution < 1.29 is 17.6 Å². The molecule has 1 amide bonds. The molecule has 0 aliphatic carbocycles.